The number of ketones is 6. The molecular weight excluding hydrogens is 1630 g/mol. The summed E-state index contributed by atoms with van der Waals surface area (Å²) < 4.78 is 1.58. The molecule has 9 amide bonds. The number of carbonyl (C=O) groups excluding carboxylic acids is 14. The second-order valence-corrected chi connectivity index (χ2v) is 31.9. The zero-order valence-electron chi connectivity index (χ0n) is 61.8. The third-order valence-electron chi connectivity index (χ3n) is 19.5. The summed E-state index contributed by atoms with van der Waals surface area (Å²) in [5.74, 6) is -24.9. The largest absolute Gasteiger partial charge is 0.508 e. The topological polar surface area (TPSA) is 623 Å². The summed E-state index contributed by atoms with van der Waals surface area (Å²) in [6.07, 6.45) is -8.28. The molecule has 4 bridgehead atoms. The maximum absolute atomic E-state index is 15.4. The van der Waals surface area contributed by atoms with Gasteiger partial charge in [0.15, 0.2) is 40.7 Å². The van der Waals surface area contributed by atoms with Gasteiger partial charge in [-0.05, 0) is 136 Å². The Bertz CT molecular complexity index is 3940. The number of carbonyl (C=O) groups is 16. The molecule has 2 aromatic carbocycles. The van der Waals surface area contributed by atoms with Crippen molar-refractivity contribution in [3.8, 4) is 11.5 Å². The number of aromatic hydroxyl groups is 2. The zero-order chi connectivity index (χ0) is 82.5. The number of guanidine groups is 1. The van der Waals surface area contributed by atoms with Crippen molar-refractivity contribution in [1.82, 2.24) is 51.8 Å². The Morgan fingerprint density at radius 3 is 1.98 bits per heavy atom. The Balaban J connectivity index is 0.0000228. The second kappa shape index (κ2) is 46.5. The van der Waals surface area contributed by atoms with E-state index in [4.69, 9.17) is 28.7 Å². The number of fused-ring (bicyclic) bond motifs is 11. The second-order valence-electron chi connectivity index (χ2n) is 28.2. The lowest BCUT2D eigenvalue weighted by atomic mass is 9.88. The molecule has 40 heteroatoms. The summed E-state index contributed by atoms with van der Waals surface area (Å²) in [5, 5.41) is 76.5. The minimum Gasteiger partial charge on any atom is -0.508 e. The number of primary amides is 2. The fourth-order valence-electron chi connectivity index (χ4n) is 13.4. The highest BCUT2D eigenvalue weighted by atomic mass is 127. The summed E-state index contributed by atoms with van der Waals surface area (Å²) in [7, 11) is 1.80. The molecule has 3 aliphatic heterocycles. The maximum Gasteiger partial charge on any atom is 0.312 e. The molecule has 0 spiro atoms. The van der Waals surface area contributed by atoms with Gasteiger partial charge in [0, 0.05) is 113 Å². The SMILES string of the molecule is C.C[C@@H](O)[C@@H]1NC(=O)[C@H]2CC(=O)[C@@H](NC(=O)CN)CSSC[C@H](NC(=O)[C@H](CCCN=C(N)N)CC(=O)[C@@H]3CCCN3C(=O)[C@H](CC(=O)O)CC1=O)C(=O)C[C@@H](CCCNC(N)=O)C(=O)N[C@@H](Cc1ccc(O)c(I)c1)C(=O)C[C@@H](CCC(N)=O)C(=O)N[C@H](C(=O)C[C@@H](Cc1ccc(O)cc1)C(=O)O)CCCn1cc(nn1)C2. The lowest BCUT2D eigenvalue weighted by molar-refractivity contribution is -0.148. The summed E-state index contributed by atoms with van der Waals surface area (Å²) in [6, 6.07) is -0.526. The highest BCUT2D eigenvalue weighted by Gasteiger charge is 2.43. The van der Waals surface area contributed by atoms with Crippen molar-refractivity contribution in [3.05, 3.63) is 69.1 Å². The van der Waals surface area contributed by atoms with Gasteiger partial charge in [0.2, 0.25) is 41.4 Å². The Morgan fingerprint density at radius 1 is 0.708 bits per heavy atom. The number of aliphatic carboxylic acids is 2. The Kier molecular flexibility index (Phi) is 38.6. The van der Waals surface area contributed by atoms with E-state index in [1.807, 2.05) is 22.6 Å². The van der Waals surface area contributed by atoms with Crippen LogP contribution in [0.5, 0.6) is 11.5 Å². The predicted molar refractivity (Wildman–Crippen MR) is 420 cm³/mol. The van der Waals surface area contributed by atoms with E-state index in [-0.39, 0.29) is 132 Å². The molecule has 0 radical (unpaired) electrons. The molecule has 3 aliphatic rings. The van der Waals surface area contributed by atoms with E-state index >= 15 is 19.2 Å². The van der Waals surface area contributed by atoms with Crippen molar-refractivity contribution >= 4 is 144 Å². The van der Waals surface area contributed by atoms with Gasteiger partial charge in [-0.25, -0.2) is 4.79 Å². The normalized spacial score (nSPS) is 24.0. The third kappa shape index (κ3) is 31.0. The minimum atomic E-state index is -1.88. The molecule has 0 aliphatic carbocycles. The minimum absolute atomic E-state index is 0. The number of nitrogens with two attached hydrogens (primary N) is 5. The average molecular weight is 1730 g/mol. The highest BCUT2D eigenvalue weighted by molar-refractivity contribution is 14.1. The van der Waals surface area contributed by atoms with Gasteiger partial charge in [-0.15, -0.1) is 5.10 Å². The number of amides is 9. The van der Waals surface area contributed by atoms with Crippen LogP contribution in [0.15, 0.2) is 53.7 Å². The third-order valence-corrected chi connectivity index (χ3v) is 22.8. The molecular formula is C73H103IN16O21S2. The number of aliphatic hydroxyl groups excluding tert-OH is 1. The fraction of sp³-hybridized carbons (Fsp3) is 0.575. The highest BCUT2D eigenvalue weighted by Crippen LogP contribution is 2.31. The maximum atomic E-state index is 15.4. The van der Waals surface area contributed by atoms with Gasteiger partial charge in [0.05, 0.1) is 76.3 Å². The number of nitrogens with one attached hydrogen (secondary N) is 6. The summed E-state index contributed by atoms with van der Waals surface area (Å²) in [5.41, 5.74) is 28.9. The van der Waals surface area contributed by atoms with Crippen molar-refractivity contribution < 1.29 is 102 Å². The molecule has 4 heterocycles. The van der Waals surface area contributed by atoms with Gasteiger partial charge < -0.3 is 91.0 Å². The number of phenols is 2. The molecule has 620 valence electrons. The summed E-state index contributed by atoms with van der Waals surface area (Å²) >= 11 is 1.84. The molecule has 37 nitrogen and oxygen atoms in total. The van der Waals surface area contributed by atoms with E-state index < -0.39 is 243 Å². The summed E-state index contributed by atoms with van der Waals surface area (Å²) in [6.45, 7) is 0.0362. The van der Waals surface area contributed by atoms with Gasteiger partial charge >= 0.3 is 18.0 Å². The van der Waals surface area contributed by atoms with Gasteiger partial charge in [0.25, 0.3) is 0 Å². The molecule has 0 saturated carbocycles. The molecule has 1 aromatic heterocycles. The van der Waals surface area contributed by atoms with Crippen LogP contribution in [0.1, 0.15) is 140 Å². The first-order valence-corrected chi connectivity index (χ1v) is 40.2. The number of aryl methyl sites for hydroxylation is 1. The number of hydrogen-bond acceptors (Lipinski definition) is 25. The van der Waals surface area contributed by atoms with Gasteiger partial charge in [-0.1, -0.05) is 52.4 Å². The standard InChI is InChI=1S/C72H99IN16O21S2.CH4/c1-37(90)64-60(98)30-44(32-63(101)102)69(107)89-21-5-9-53(89)59(97)28-41(6-2-18-79-71(76)77)66(104)84-52-36-112-111-35-51(81-62(100)33-74)58(96)29-43(68(106)85-64)25-46-34-88(87-86-46)20-4-8-49(55(93)31-45(70(108)109)22-38-10-14-47(91)15-11-38)82-67(105)42(13-17-61(75)99)27-56(94)50(24-39-12-16-54(92)48(73)23-39)83-65(103)40(26-57(52)95)7-3-19-80-72(78)110;/h10-12,14-16,23,34,37,40-45,49-53,64,90-92H,2-9,13,17-22,24-33,35-36,74H2,1H3,(H2,75,99)(H,81,100)(H,82,105)(H,83,103)(H,84,104)(H,85,106)(H,101,102)(H,108,109)(H4,76,77,79)(H3,78,80,110);1H4/t37-,40-,41-,42-,43-,44+,45-,49+,50+,51+,52+,53+,64+;/m1./s1. The van der Waals surface area contributed by atoms with Crippen LogP contribution in [0.3, 0.4) is 0 Å². The number of hydrogen-bond donors (Lipinski definition) is 16. The zero-order valence-corrected chi connectivity index (χ0v) is 65.6. The van der Waals surface area contributed by atoms with Crippen molar-refractivity contribution in [3.63, 3.8) is 0 Å². The van der Waals surface area contributed by atoms with Crippen LogP contribution in [0.4, 0.5) is 4.79 Å². The molecule has 21 N–H and O–H groups in total. The number of aliphatic hydroxyl groups is 1. The van der Waals surface area contributed by atoms with Crippen molar-refractivity contribution in [2.24, 2.45) is 69.2 Å². The molecule has 13 atom stereocenters. The Hall–Kier alpha value is -9.68. The first-order chi connectivity index (χ1) is 53.1. The smallest absolute Gasteiger partial charge is 0.312 e. The van der Waals surface area contributed by atoms with E-state index in [0.29, 0.717) is 14.7 Å². The molecule has 2 saturated heterocycles. The molecule has 3 aromatic rings. The van der Waals surface area contributed by atoms with Crippen LogP contribution in [-0.2, 0) is 97.7 Å². The molecule has 113 heavy (non-hydrogen) atoms. The van der Waals surface area contributed by atoms with Crippen molar-refractivity contribution in [2.75, 3.05) is 37.7 Å². The number of aromatic nitrogens is 3. The Morgan fingerprint density at radius 2 is 1.34 bits per heavy atom. The quantitative estimate of drug-likeness (QED) is 0.0180. The molecule has 2 fully saturated rings. The van der Waals surface area contributed by atoms with E-state index in [1.54, 1.807) is 0 Å². The lowest BCUT2D eigenvalue weighted by Gasteiger charge is -2.30. The molecule has 6 rings (SSSR count). The van der Waals surface area contributed by atoms with Crippen LogP contribution >= 0.6 is 44.2 Å². The van der Waals surface area contributed by atoms with E-state index in [9.17, 15) is 83.1 Å². The van der Waals surface area contributed by atoms with E-state index in [0.717, 1.165) is 33.4 Å². The van der Waals surface area contributed by atoms with Crippen LogP contribution in [0.25, 0.3) is 0 Å². The van der Waals surface area contributed by atoms with Gasteiger partial charge in [0.1, 0.15) is 17.5 Å². The predicted octanol–water partition coefficient (Wildman–Crippen LogP) is -0.320. The van der Waals surface area contributed by atoms with E-state index in [1.165, 1.54) is 53.3 Å². The Labute approximate surface area is 673 Å². The first kappa shape index (κ1) is 93.9. The van der Waals surface area contributed by atoms with Crippen molar-refractivity contribution in [2.45, 2.75) is 192 Å². The number of rotatable bonds is 24. The number of aliphatic imine (C=N–C) groups is 1. The number of phenolic OH excluding ortho intramolecular Hbond substituents is 2. The number of halogens is 1. The number of carboxylic acid groups (broad SMARTS) is 2. The number of benzene rings is 2. The molecule has 0 unspecified atom stereocenters. The van der Waals surface area contributed by atoms with Crippen molar-refractivity contribution in [1.29, 1.82) is 0 Å². The monoisotopic (exact) mass is 1730 g/mol. The van der Waals surface area contributed by atoms with Crippen LogP contribution < -0.4 is 60.6 Å². The number of nitrogens with zero attached hydrogens (tertiary/aromatic N) is 5. The van der Waals surface area contributed by atoms with Gasteiger partial charge in [-0.3, -0.25) is 81.6 Å². The van der Waals surface area contributed by atoms with Crippen LogP contribution in [-0.4, -0.2) is 225 Å². The lowest BCUT2D eigenvalue weighted by Crippen LogP contribution is -2.52. The van der Waals surface area contributed by atoms with Crippen LogP contribution in [0.2, 0.25) is 0 Å². The summed E-state index contributed by atoms with van der Waals surface area (Å²) in [4.78, 5) is 233. The first-order valence-electron chi connectivity index (χ1n) is 36.7. The van der Waals surface area contributed by atoms with E-state index in [2.05, 4.69) is 47.2 Å². The van der Waals surface area contributed by atoms with Crippen LogP contribution in [0, 0.1) is 39.1 Å². The fourth-order valence-corrected chi connectivity index (χ4v) is 16.4. The number of Topliss-reactive ketones (excluding diaryl/α,β-unsaturated/α-hetero) is 6. The van der Waals surface area contributed by atoms with Gasteiger partial charge in [-0.2, -0.15) is 0 Å². The average Bonchev–Trinajstić information content (AvgIpc) is 1.74. The number of urea groups is 1. The number of carboxylic acids is 2.